The lowest BCUT2D eigenvalue weighted by atomic mass is 10.1. The number of hydrogen-bond donors (Lipinski definition) is 3. The summed E-state index contributed by atoms with van der Waals surface area (Å²) in [5.41, 5.74) is 3.92. The van der Waals surface area contributed by atoms with Crippen LogP contribution in [0.15, 0.2) is 21.9 Å². The van der Waals surface area contributed by atoms with E-state index in [4.69, 9.17) is 10.5 Å². The van der Waals surface area contributed by atoms with Gasteiger partial charge in [0.05, 0.1) is 0 Å². The Morgan fingerprint density at radius 3 is 2.82 bits per heavy atom. The van der Waals surface area contributed by atoms with Crippen LogP contribution in [-0.2, 0) is 4.74 Å². The van der Waals surface area contributed by atoms with Crippen LogP contribution in [0.5, 0.6) is 0 Å². The molecule has 94 valence electrons. The van der Waals surface area contributed by atoms with Gasteiger partial charge in [0.2, 0.25) is 0 Å². The normalized spacial score (nSPS) is 32.9. The average Bonchev–Trinajstić information content (AvgIpc) is 2.57. The first kappa shape index (κ1) is 12.0. The molecule has 1 aliphatic rings. The molecular formula is C9H12FN3O4. The molecule has 0 bridgehead atoms. The van der Waals surface area contributed by atoms with Crippen LogP contribution < -0.4 is 17.0 Å². The standard InChI is InChI=1S/C9H12FN3O4/c10-6-4(3-11)17-8(7(6)15)13-2-1-5(14)12-9(13)16/h1-2,4,6-8,15H,3,11H2,(H,12,14,16)/t4-,6-,7-,8-/m1/s1. The molecule has 1 saturated heterocycles. The molecular weight excluding hydrogens is 233 g/mol. The van der Waals surface area contributed by atoms with Gasteiger partial charge in [-0.3, -0.25) is 14.3 Å². The highest BCUT2D eigenvalue weighted by Crippen LogP contribution is 2.29. The van der Waals surface area contributed by atoms with Crippen molar-refractivity contribution in [2.45, 2.75) is 24.6 Å². The number of nitrogens with zero attached hydrogens (tertiary/aromatic N) is 1. The highest BCUT2D eigenvalue weighted by Gasteiger charge is 2.44. The quantitative estimate of drug-likeness (QED) is 0.563. The largest absolute Gasteiger partial charge is 0.385 e. The van der Waals surface area contributed by atoms with E-state index < -0.39 is 35.9 Å². The number of nitrogens with one attached hydrogen (secondary N) is 1. The van der Waals surface area contributed by atoms with Crippen LogP contribution in [0.2, 0.25) is 0 Å². The van der Waals surface area contributed by atoms with Crippen molar-refractivity contribution >= 4 is 0 Å². The molecule has 8 heteroatoms. The summed E-state index contributed by atoms with van der Waals surface area (Å²) in [6.07, 6.45) is -4.16. The first-order chi connectivity index (χ1) is 8.04. The predicted octanol–water partition coefficient (Wildman–Crippen LogP) is -1.91. The van der Waals surface area contributed by atoms with Crippen molar-refractivity contribution < 1.29 is 14.2 Å². The molecule has 1 fully saturated rings. The molecule has 0 amide bonds. The molecule has 0 unspecified atom stereocenters. The van der Waals surface area contributed by atoms with Crippen LogP contribution in [0.3, 0.4) is 0 Å². The maximum absolute atomic E-state index is 13.5. The van der Waals surface area contributed by atoms with Gasteiger partial charge in [0.1, 0.15) is 12.2 Å². The van der Waals surface area contributed by atoms with E-state index in [1.807, 2.05) is 4.98 Å². The van der Waals surface area contributed by atoms with Gasteiger partial charge in [0.15, 0.2) is 12.4 Å². The van der Waals surface area contributed by atoms with Gasteiger partial charge in [-0.15, -0.1) is 0 Å². The molecule has 1 aliphatic heterocycles. The highest BCUT2D eigenvalue weighted by atomic mass is 19.1. The third-order valence-corrected chi connectivity index (χ3v) is 2.65. The number of aliphatic hydroxyl groups is 1. The monoisotopic (exact) mass is 245 g/mol. The maximum atomic E-state index is 13.5. The Labute approximate surface area is 94.6 Å². The second-order valence-electron chi connectivity index (χ2n) is 3.75. The van der Waals surface area contributed by atoms with E-state index in [9.17, 15) is 19.1 Å². The maximum Gasteiger partial charge on any atom is 0.330 e. The summed E-state index contributed by atoms with van der Waals surface area (Å²) < 4.78 is 19.5. The molecule has 0 aliphatic carbocycles. The fourth-order valence-corrected chi connectivity index (χ4v) is 1.76. The van der Waals surface area contributed by atoms with Gasteiger partial charge >= 0.3 is 5.69 Å². The molecule has 0 radical (unpaired) electrons. The Hall–Kier alpha value is -1.51. The third kappa shape index (κ3) is 2.02. The molecule has 0 spiro atoms. The van der Waals surface area contributed by atoms with Gasteiger partial charge in [-0.05, 0) is 0 Å². The number of aliphatic hydroxyl groups excluding tert-OH is 1. The minimum absolute atomic E-state index is 0.104. The summed E-state index contributed by atoms with van der Waals surface area (Å²) in [6.45, 7) is -0.104. The summed E-state index contributed by atoms with van der Waals surface area (Å²) in [5, 5.41) is 9.60. The molecule has 1 aromatic heterocycles. The zero-order valence-electron chi connectivity index (χ0n) is 8.75. The summed E-state index contributed by atoms with van der Waals surface area (Å²) in [4.78, 5) is 24.3. The van der Waals surface area contributed by atoms with Crippen molar-refractivity contribution in [1.82, 2.24) is 9.55 Å². The second-order valence-corrected chi connectivity index (χ2v) is 3.75. The van der Waals surface area contributed by atoms with E-state index in [1.54, 1.807) is 0 Å². The Balaban J connectivity index is 2.35. The van der Waals surface area contributed by atoms with Crippen LogP contribution in [0.1, 0.15) is 6.23 Å². The topological polar surface area (TPSA) is 110 Å². The molecule has 17 heavy (non-hydrogen) atoms. The Kier molecular flexibility index (Phi) is 3.09. The van der Waals surface area contributed by atoms with Gasteiger partial charge < -0.3 is 15.6 Å². The smallest absolute Gasteiger partial charge is 0.330 e. The van der Waals surface area contributed by atoms with Crippen molar-refractivity contribution in [1.29, 1.82) is 0 Å². The third-order valence-electron chi connectivity index (χ3n) is 2.65. The van der Waals surface area contributed by atoms with Gasteiger partial charge in [-0.2, -0.15) is 0 Å². The second kappa shape index (κ2) is 4.40. The number of H-pyrrole nitrogens is 1. The van der Waals surface area contributed by atoms with E-state index in [2.05, 4.69) is 0 Å². The summed E-state index contributed by atoms with van der Waals surface area (Å²) in [6, 6.07) is 1.08. The zero-order valence-corrected chi connectivity index (χ0v) is 8.75. The molecule has 2 rings (SSSR count). The van der Waals surface area contributed by atoms with E-state index >= 15 is 0 Å². The summed E-state index contributed by atoms with van der Waals surface area (Å²) in [5.74, 6) is 0. The molecule has 7 nitrogen and oxygen atoms in total. The van der Waals surface area contributed by atoms with Crippen molar-refractivity contribution in [3.8, 4) is 0 Å². The number of ether oxygens (including phenoxy) is 1. The molecule has 4 atom stereocenters. The van der Waals surface area contributed by atoms with Crippen LogP contribution in [-0.4, -0.2) is 39.6 Å². The number of nitrogens with two attached hydrogens (primary N) is 1. The lowest BCUT2D eigenvalue weighted by molar-refractivity contribution is -0.0372. The minimum atomic E-state index is -1.66. The summed E-state index contributed by atoms with van der Waals surface area (Å²) in [7, 11) is 0. The van der Waals surface area contributed by atoms with E-state index in [1.165, 1.54) is 0 Å². The lowest BCUT2D eigenvalue weighted by Crippen LogP contribution is -2.36. The van der Waals surface area contributed by atoms with E-state index in [-0.39, 0.29) is 6.54 Å². The number of rotatable bonds is 2. The van der Waals surface area contributed by atoms with E-state index in [0.717, 1.165) is 16.8 Å². The number of alkyl halides is 1. The average molecular weight is 245 g/mol. The van der Waals surface area contributed by atoms with Gasteiger partial charge in [-0.1, -0.05) is 0 Å². The Morgan fingerprint density at radius 2 is 2.29 bits per heavy atom. The van der Waals surface area contributed by atoms with Crippen molar-refractivity contribution in [3.05, 3.63) is 33.1 Å². The Morgan fingerprint density at radius 1 is 1.59 bits per heavy atom. The number of aromatic amines is 1. The molecule has 2 heterocycles. The van der Waals surface area contributed by atoms with Crippen molar-refractivity contribution in [2.75, 3.05) is 6.54 Å². The van der Waals surface area contributed by atoms with E-state index in [0.29, 0.717) is 0 Å². The zero-order chi connectivity index (χ0) is 12.6. The lowest BCUT2D eigenvalue weighted by Gasteiger charge is -2.16. The van der Waals surface area contributed by atoms with Crippen LogP contribution in [0, 0.1) is 0 Å². The number of halogens is 1. The predicted molar refractivity (Wildman–Crippen MR) is 55.2 cm³/mol. The first-order valence-corrected chi connectivity index (χ1v) is 5.03. The molecule has 0 saturated carbocycles. The van der Waals surface area contributed by atoms with Crippen LogP contribution >= 0.6 is 0 Å². The summed E-state index contributed by atoms with van der Waals surface area (Å²) >= 11 is 0. The van der Waals surface area contributed by atoms with Crippen molar-refractivity contribution in [2.24, 2.45) is 5.73 Å². The highest BCUT2D eigenvalue weighted by molar-refractivity contribution is 4.93. The number of hydrogen-bond acceptors (Lipinski definition) is 5. The van der Waals surface area contributed by atoms with Crippen LogP contribution in [0.4, 0.5) is 4.39 Å². The SMILES string of the molecule is NC[C@H]1O[C@@H](n2ccc(=O)[nH]c2=O)[C@H](O)[C@@H]1F. The van der Waals surface area contributed by atoms with Gasteiger partial charge in [-0.25, -0.2) is 9.18 Å². The van der Waals surface area contributed by atoms with Gasteiger partial charge in [0, 0.05) is 18.8 Å². The Bertz CT molecular complexity index is 513. The molecule has 1 aromatic rings. The van der Waals surface area contributed by atoms with Gasteiger partial charge in [0.25, 0.3) is 5.56 Å². The first-order valence-electron chi connectivity index (χ1n) is 5.03. The van der Waals surface area contributed by atoms with Crippen molar-refractivity contribution in [3.63, 3.8) is 0 Å². The molecule has 4 N–H and O–H groups in total. The number of aromatic nitrogens is 2. The minimum Gasteiger partial charge on any atom is -0.385 e. The fourth-order valence-electron chi connectivity index (χ4n) is 1.76. The molecule has 0 aromatic carbocycles. The fraction of sp³-hybridized carbons (Fsp3) is 0.556. The van der Waals surface area contributed by atoms with Crippen LogP contribution in [0.25, 0.3) is 0 Å².